The Kier molecular flexibility index (Phi) is 45.7. The molecule has 0 aromatic heterocycles. The molecule has 28 N–H and O–H groups in total. The number of primary amides is 2. The van der Waals surface area contributed by atoms with Crippen molar-refractivity contribution in [3.05, 3.63) is 65.7 Å². The molecule has 2 saturated heterocycles. The Bertz CT molecular complexity index is 4070. The SMILES string of the molecule is CC(C)C[C@H](NC(=O)[C@H](CO[C@@H]1O[C@H](CO)[C@@H](O)[C@H](O)[C@H]1O)NC(=O)[C@H](CCCCN)NC(=O)[C@H](CC(C)C)NC(=O)[C@H](C)NC(=O)[C@H](CCCCN)NC(=O)[C@H](CCC(=O)O)NC(=O)C(C)(C)NC(=O)[C@H](CC(C)C)NC(=O)[C@H](CC(N)=O)NC(=O)[C@@H]1CCCN1C(=O)[C@H](Cc1ccccc1)N(C)C(=O)CNC(=O)[C@@H](C)NC(=O)[C@@H](N)Cc1ccc(O)cc1)C(N)=O. The van der Waals surface area contributed by atoms with Crippen LogP contribution in [0.15, 0.2) is 54.6 Å². The number of likely N-dealkylation sites (N-methyl/N-ethyl adjacent to an activating group) is 1. The molecule has 0 spiro atoms. The second-order valence-corrected chi connectivity index (χ2v) is 34.1. The van der Waals surface area contributed by atoms with Crippen molar-refractivity contribution in [3.8, 4) is 5.75 Å². The Morgan fingerprint density at radius 3 is 1.56 bits per heavy atom. The molecule has 44 nitrogen and oxygen atoms in total. The standard InChI is InChI=1S/C84H135N19O25/c1-43(2)34-55(69(89)113)95-78(122)59(42-127-82-68(112)67(111)66(110)62(41-104)128-82)99-74(118)53(23-16-18-32-86)94-76(120)56(35-44(3)4)96-71(115)47(8)92-73(117)52(22-15-17-31-85)93-75(119)54(29-30-65(108)109)100-83(126)84(9,10)101-79(123)57(36-45(5)6)97-77(121)58(39-63(88)106)98-80(124)60-24-19-33-103(60)81(125)61(38-48-20-13-12-14-21-48)102(11)64(107)40-90-70(114)46(7)91-72(116)51(87)37-49-25-27-50(105)28-26-49/h12-14,20-21,25-28,43-47,51-62,66-68,82,104-105,110-112H,15-19,22-24,29-42,85-87H2,1-11H3,(H2,88,106)(H2,89,113)(H,90,114)(H,91,116)(H,92,117)(H,93,119)(H,94,120)(H,95,122)(H,96,115)(H,97,121)(H,98,124)(H,99,118)(H,100,126)(H,101,123)(H,108,109)/t46-,47+,51+,52+,53+,54+,55+,56+,57+,58+,59+,60+,61+,62-,66-,67+,68-,82-/m1/s1. The number of carbonyl (C=O) groups is 17. The number of nitrogens with two attached hydrogens (primary N) is 5. The number of likely N-dealkylation sites (tertiary alicyclic amines) is 1. The van der Waals surface area contributed by atoms with Crippen molar-refractivity contribution in [2.75, 3.05) is 46.4 Å². The Balaban J connectivity index is 1.51. The van der Waals surface area contributed by atoms with Crippen molar-refractivity contribution in [1.82, 2.24) is 73.6 Å². The zero-order valence-electron chi connectivity index (χ0n) is 74.6. The molecule has 2 aromatic carbocycles. The number of phenolic OH excluding ortho intramolecular Hbond substituents is 1. The van der Waals surface area contributed by atoms with Crippen molar-refractivity contribution < 1.29 is 122 Å². The summed E-state index contributed by atoms with van der Waals surface area (Å²) >= 11 is 0. The lowest BCUT2D eigenvalue weighted by Crippen LogP contribution is -2.63. The van der Waals surface area contributed by atoms with E-state index in [4.69, 9.17) is 38.1 Å². The van der Waals surface area contributed by atoms with Crippen LogP contribution < -0.4 is 92.5 Å². The maximum Gasteiger partial charge on any atom is 0.303 e. The molecular formula is C84H135N19O25. The molecule has 16 amide bonds. The number of nitrogens with one attached hydrogen (secondary N) is 12. The number of aliphatic hydroxyl groups is 4. The van der Waals surface area contributed by atoms with E-state index in [1.807, 2.05) is 0 Å². The summed E-state index contributed by atoms with van der Waals surface area (Å²) in [6, 6.07) is -4.30. The van der Waals surface area contributed by atoms with Crippen LogP contribution in [-0.2, 0) is 104 Å². The van der Waals surface area contributed by atoms with Gasteiger partial charge in [0.1, 0.15) is 108 Å². The molecule has 716 valence electrons. The molecule has 0 unspecified atom stereocenters. The number of unbranched alkanes of at least 4 members (excludes halogenated alkanes) is 2. The third-order valence-corrected chi connectivity index (χ3v) is 21.3. The summed E-state index contributed by atoms with van der Waals surface area (Å²) in [6.45, 7) is 13.3. The molecule has 2 aliphatic rings. The lowest BCUT2D eigenvalue weighted by molar-refractivity contribution is -0.301. The van der Waals surface area contributed by atoms with E-state index in [9.17, 15) is 112 Å². The normalized spacial score (nSPS) is 19.1. The first kappa shape index (κ1) is 109. The van der Waals surface area contributed by atoms with Gasteiger partial charge in [-0.3, -0.25) is 81.5 Å². The van der Waals surface area contributed by atoms with Crippen LogP contribution >= 0.6 is 0 Å². The molecule has 2 aliphatic heterocycles. The van der Waals surface area contributed by atoms with Gasteiger partial charge >= 0.3 is 5.97 Å². The summed E-state index contributed by atoms with van der Waals surface area (Å²) in [6.07, 6.45) is -10.1. The number of carbonyl (C=O) groups excluding carboxylic acids is 16. The van der Waals surface area contributed by atoms with E-state index in [1.54, 1.807) is 84.0 Å². The van der Waals surface area contributed by atoms with Gasteiger partial charge in [0, 0.05) is 26.4 Å². The zero-order chi connectivity index (χ0) is 96.1. The molecule has 18 atom stereocenters. The summed E-state index contributed by atoms with van der Waals surface area (Å²) in [5, 5.41) is 90.9. The summed E-state index contributed by atoms with van der Waals surface area (Å²) in [5.41, 5.74) is 28.2. The summed E-state index contributed by atoms with van der Waals surface area (Å²) in [4.78, 5) is 238. The molecule has 2 heterocycles. The Morgan fingerprint density at radius 1 is 0.547 bits per heavy atom. The second-order valence-electron chi connectivity index (χ2n) is 34.1. The lowest BCUT2D eigenvalue weighted by Gasteiger charge is -2.40. The van der Waals surface area contributed by atoms with Crippen molar-refractivity contribution in [3.63, 3.8) is 0 Å². The van der Waals surface area contributed by atoms with E-state index in [-0.39, 0.29) is 114 Å². The van der Waals surface area contributed by atoms with Crippen LogP contribution in [0.4, 0.5) is 0 Å². The molecule has 0 bridgehead atoms. The van der Waals surface area contributed by atoms with Gasteiger partial charge in [-0.1, -0.05) is 84.0 Å². The van der Waals surface area contributed by atoms with Crippen molar-refractivity contribution in [2.45, 2.75) is 287 Å². The predicted molar refractivity (Wildman–Crippen MR) is 461 cm³/mol. The Morgan fingerprint density at radius 2 is 1.02 bits per heavy atom. The number of aromatic hydroxyl groups is 1. The molecule has 0 saturated carbocycles. The quantitative estimate of drug-likeness (QED) is 0.0274. The number of phenols is 1. The highest BCUT2D eigenvalue weighted by Crippen LogP contribution is 2.25. The minimum atomic E-state index is -2.03. The maximum atomic E-state index is 14.9. The summed E-state index contributed by atoms with van der Waals surface area (Å²) in [7, 11) is 1.33. The highest BCUT2D eigenvalue weighted by atomic mass is 16.7. The number of carboxylic acid groups (broad SMARTS) is 1. The number of rotatable bonds is 55. The average molecular weight is 1810 g/mol. The van der Waals surface area contributed by atoms with Gasteiger partial charge in [0.15, 0.2) is 6.29 Å². The minimum absolute atomic E-state index is 0.0111. The van der Waals surface area contributed by atoms with Gasteiger partial charge in [-0.25, -0.2) is 0 Å². The zero-order valence-corrected chi connectivity index (χ0v) is 74.6. The number of carboxylic acids is 1. The van der Waals surface area contributed by atoms with Crippen LogP contribution in [0.3, 0.4) is 0 Å². The molecule has 0 radical (unpaired) electrons. The third kappa shape index (κ3) is 36.2. The summed E-state index contributed by atoms with van der Waals surface area (Å²) < 4.78 is 11.1. The van der Waals surface area contributed by atoms with E-state index < -0.39 is 254 Å². The van der Waals surface area contributed by atoms with E-state index in [0.29, 0.717) is 24.0 Å². The highest BCUT2D eigenvalue weighted by Gasteiger charge is 2.47. The first-order valence-corrected chi connectivity index (χ1v) is 43.0. The lowest BCUT2D eigenvalue weighted by atomic mass is 9.98. The van der Waals surface area contributed by atoms with E-state index in [2.05, 4.69) is 63.8 Å². The number of ether oxygens (including phenoxy) is 2. The van der Waals surface area contributed by atoms with Gasteiger partial charge < -0.3 is 142 Å². The van der Waals surface area contributed by atoms with Crippen LogP contribution in [0, 0.1) is 17.8 Å². The largest absolute Gasteiger partial charge is 0.508 e. The van der Waals surface area contributed by atoms with Gasteiger partial charge in [0.05, 0.1) is 32.2 Å². The van der Waals surface area contributed by atoms with E-state index in [1.165, 1.54) is 51.8 Å². The fourth-order valence-corrected chi connectivity index (χ4v) is 14.0. The van der Waals surface area contributed by atoms with Crippen LogP contribution in [0.2, 0.25) is 0 Å². The molecular weight excluding hydrogens is 1680 g/mol. The first-order chi connectivity index (χ1) is 60.1. The third-order valence-electron chi connectivity index (χ3n) is 21.3. The molecule has 4 rings (SSSR count). The van der Waals surface area contributed by atoms with Gasteiger partial charge in [0.25, 0.3) is 0 Å². The van der Waals surface area contributed by atoms with Crippen LogP contribution in [0.1, 0.15) is 170 Å². The predicted octanol–water partition coefficient (Wildman–Crippen LogP) is -6.34. The molecule has 44 heteroatoms. The van der Waals surface area contributed by atoms with Crippen molar-refractivity contribution in [2.24, 2.45) is 46.4 Å². The number of nitrogens with zero attached hydrogens (tertiary/aromatic N) is 2. The molecule has 2 fully saturated rings. The number of benzene rings is 2. The van der Waals surface area contributed by atoms with E-state index in [0.717, 1.165) is 4.90 Å². The highest BCUT2D eigenvalue weighted by molar-refractivity contribution is 6.02. The van der Waals surface area contributed by atoms with Gasteiger partial charge in [-0.15, -0.1) is 0 Å². The number of amides is 16. The average Bonchev–Trinajstić information content (AvgIpc) is 1.39. The number of hydrogen-bond donors (Lipinski definition) is 23. The fraction of sp³-hybridized carbons (Fsp3) is 0.655. The molecule has 128 heavy (non-hydrogen) atoms. The second kappa shape index (κ2) is 53.6. The first-order valence-electron chi connectivity index (χ1n) is 43.0. The number of hydrogen-bond acceptors (Lipinski definition) is 27. The minimum Gasteiger partial charge on any atom is -0.508 e. The van der Waals surface area contributed by atoms with Crippen molar-refractivity contribution in [1.29, 1.82) is 0 Å². The van der Waals surface area contributed by atoms with Crippen LogP contribution in [-0.4, -0.2) is 302 Å². The monoisotopic (exact) mass is 1810 g/mol. The van der Waals surface area contributed by atoms with Gasteiger partial charge in [-0.2, -0.15) is 0 Å². The number of aliphatic hydroxyl groups excluding tert-OH is 4. The van der Waals surface area contributed by atoms with Crippen LogP contribution in [0.25, 0.3) is 0 Å². The number of aliphatic carboxylic acids is 1. The maximum absolute atomic E-state index is 14.9. The van der Waals surface area contributed by atoms with Gasteiger partial charge in [-0.05, 0) is 165 Å². The fourth-order valence-electron chi connectivity index (χ4n) is 14.0. The van der Waals surface area contributed by atoms with Crippen molar-refractivity contribution >= 4 is 100 Å². The van der Waals surface area contributed by atoms with Gasteiger partial charge in [0.2, 0.25) is 94.5 Å². The Hall–Kier alpha value is -11.1. The smallest absolute Gasteiger partial charge is 0.303 e. The Labute approximate surface area is 743 Å². The van der Waals surface area contributed by atoms with Crippen LogP contribution in [0.5, 0.6) is 5.75 Å². The molecule has 2 aromatic rings. The summed E-state index contributed by atoms with van der Waals surface area (Å²) in [5.74, 6) is -17.3. The van der Waals surface area contributed by atoms with E-state index >= 15 is 0 Å². The topological polar surface area (TPSA) is 711 Å². The molecule has 0 aliphatic carbocycles.